The minimum absolute atomic E-state index is 0.113. The Morgan fingerprint density at radius 2 is 2.17 bits per heavy atom. The molecule has 0 aliphatic carbocycles. The van der Waals surface area contributed by atoms with E-state index in [4.69, 9.17) is 5.73 Å². The van der Waals surface area contributed by atoms with Gasteiger partial charge in [0.1, 0.15) is 5.82 Å². The van der Waals surface area contributed by atoms with Crippen molar-refractivity contribution >= 4 is 28.4 Å². The number of nitrogens with two attached hydrogens (primary N) is 1. The third kappa shape index (κ3) is 4.21. The number of aromatic nitrogens is 1. The number of aromatic amines is 1. The molecule has 0 radical (unpaired) electrons. The van der Waals surface area contributed by atoms with Gasteiger partial charge in [-0.25, -0.2) is 4.39 Å². The number of primary amides is 1. The summed E-state index contributed by atoms with van der Waals surface area (Å²) < 4.78 is 15.1. The number of aryl methyl sites for hydroxylation is 2. The van der Waals surface area contributed by atoms with Gasteiger partial charge in [-0.3, -0.25) is 9.59 Å². The maximum Gasteiger partial charge on any atom is 0.296 e. The maximum atomic E-state index is 15.1. The van der Waals surface area contributed by atoms with Gasteiger partial charge in [-0.05, 0) is 50.7 Å². The quantitative estimate of drug-likeness (QED) is 0.692. The summed E-state index contributed by atoms with van der Waals surface area (Å²) in [6, 6.07) is 1.09. The summed E-state index contributed by atoms with van der Waals surface area (Å²) >= 11 is 0. The van der Waals surface area contributed by atoms with E-state index in [1.165, 1.54) is 6.07 Å². The Bertz CT molecular complexity index is 1020. The Hall–Kier alpha value is -3.01. The SMILES string of the molecule is CCCC#CC(=O)NC1CCCN(c2c(F)cc(C(N)=O)c3[nH]c(C)c(C)c23)C1. The molecule has 3 rings (SSSR count). The van der Waals surface area contributed by atoms with Crippen molar-refractivity contribution in [3.05, 3.63) is 28.7 Å². The van der Waals surface area contributed by atoms with E-state index < -0.39 is 11.7 Å². The number of carbonyl (C=O) groups is 2. The Labute approximate surface area is 170 Å². The lowest BCUT2D eigenvalue weighted by Crippen LogP contribution is -2.47. The highest BCUT2D eigenvalue weighted by Crippen LogP contribution is 2.37. The second-order valence-corrected chi connectivity index (χ2v) is 7.55. The summed E-state index contributed by atoms with van der Waals surface area (Å²) in [5.74, 6) is 4.00. The third-order valence-corrected chi connectivity index (χ3v) is 5.42. The molecule has 0 spiro atoms. The van der Waals surface area contributed by atoms with E-state index in [9.17, 15) is 9.59 Å². The van der Waals surface area contributed by atoms with Crippen LogP contribution in [-0.4, -0.2) is 35.9 Å². The standard InChI is InChI=1S/C22H27FN4O2/c1-4-5-6-9-18(28)26-15-8-7-10-27(12-15)21-17(23)11-16(22(24)29)20-19(21)13(2)14(3)25-20/h11,15,25H,4-5,7-8,10,12H2,1-3H3,(H2,24,29)(H,26,28). The second-order valence-electron chi connectivity index (χ2n) is 7.55. The van der Waals surface area contributed by atoms with Crippen LogP contribution >= 0.6 is 0 Å². The Morgan fingerprint density at radius 3 is 2.86 bits per heavy atom. The normalized spacial score (nSPS) is 16.4. The van der Waals surface area contributed by atoms with Gasteiger partial charge in [-0.15, -0.1) is 0 Å². The summed E-state index contributed by atoms with van der Waals surface area (Å²) in [5.41, 5.74) is 8.36. The van der Waals surface area contributed by atoms with Gasteiger partial charge in [-0.1, -0.05) is 12.8 Å². The second kappa shape index (κ2) is 8.56. The van der Waals surface area contributed by atoms with Crippen molar-refractivity contribution in [2.45, 2.75) is 52.5 Å². The number of nitrogens with one attached hydrogen (secondary N) is 2. The van der Waals surface area contributed by atoms with Crippen molar-refractivity contribution < 1.29 is 14.0 Å². The first kappa shape index (κ1) is 20.7. The summed E-state index contributed by atoms with van der Waals surface area (Å²) in [7, 11) is 0. The number of nitrogens with zero attached hydrogens (tertiary/aromatic N) is 1. The lowest BCUT2D eigenvalue weighted by Gasteiger charge is -2.35. The summed E-state index contributed by atoms with van der Waals surface area (Å²) in [5, 5.41) is 3.61. The molecule has 29 heavy (non-hydrogen) atoms. The number of amides is 2. The zero-order chi connectivity index (χ0) is 21.1. The number of hydrogen-bond acceptors (Lipinski definition) is 3. The molecule has 1 atom stereocenters. The van der Waals surface area contributed by atoms with Gasteiger partial charge in [0.2, 0.25) is 0 Å². The number of hydrogen-bond donors (Lipinski definition) is 3. The van der Waals surface area contributed by atoms with Gasteiger partial charge in [-0.2, -0.15) is 0 Å². The van der Waals surface area contributed by atoms with E-state index in [0.717, 1.165) is 30.5 Å². The van der Waals surface area contributed by atoms with Gasteiger partial charge < -0.3 is 20.9 Å². The average Bonchev–Trinajstić information content (AvgIpc) is 2.96. The van der Waals surface area contributed by atoms with Crippen LogP contribution in [-0.2, 0) is 4.79 Å². The number of piperidine rings is 1. The molecule has 7 heteroatoms. The van der Waals surface area contributed by atoms with Gasteiger partial charge >= 0.3 is 0 Å². The zero-order valence-corrected chi connectivity index (χ0v) is 17.1. The third-order valence-electron chi connectivity index (χ3n) is 5.42. The Balaban J connectivity index is 1.93. The molecule has 1 aromatic carbocycles. The van der Waals surface area contributed by atoms with Gasteiger partial charge in [0.15, 0.2) is 0 Å². The smallest absolute Gasteiger partial charge is 0.296 e. The topological polar surface area (TPSA) is 91.2 Å². The van der Waals surface area contributed by atoms with Gasteiger partial charge in [0.05, 0.1) is 16.8 Å². The van der Waals surface area contributed by atoms with Crippen LogP contribution < -0.4 is 16.0 Å². The van der Waals surface area contributed by atoms with E-state index in [0.29, 0.717) is 36.1 Å². The number of rotatable bonds is 4. The van der Waals surface area contributed by atoms with E-state index >= 15 is 4.39 Å². The van der Waals surface area contributed by atoms with Crippen LogP contribution in [0.3, 0.4) is 0 Å². The molecular weight excluding hydrogens is 371 g/mol. The predicted octanol–water partition coefficient (Wildman–Crippen LogP) is 2.91. The fourth-order valence-corrected chi connectivity index (χ4v) is 3.89. The predicted molar refractivity (Wildman–Crippen MR) is 112 cm³/mol. The molecule has 2 aromatic rings. The van der Waals surface area contributed by atoms with E-state index in [1.807, 2.05) is 25.7 Å². The van der Waals surface area contributed by atoms with Crippen molar-refractivity contribution in [1.82, 2.24) is 10.3 Å². The van der Waals surface area contributed by atoms with E-state index in [2.05, 4.69) is 22.1 Å². The number of fused-ring (bicyclic) bond motifs is 1. The molecule has 1 aliphatic heterocycles. The van der Waals surface area contributed by atoms with Crippen molar-refractivity contribution in [2.75, 3.05) is 18.0 Å². The van der Waals surface area contributed by atoms with Crippen molar-refractivity contribution in [2.24, 2.45) is 5.73 Å². The molecule has 0 saturated carbocycles. The number of unbranched alkanes of at least 4 members (excludes halogenated alkanes) is 1. The van der Waals surface area contributed by atoms with Crippen LogP contribution in [0.25, 0.3) is 10.9 Å². The Morgan fingerprint density at radius 1 is 1.41 bits per heavy atom. The molecule has 6 nitrogen and oxygen atoms in total. The highest BCUT2D eigenvalue weighted by molar-refractivity contribution is 6.10. The zero-order valence-electron chi connectivity index (χ0n) is 17.1. The molecule has 2 amide bonds. The summed E-state index contributed by atoms with van der Waals surface area (Å²) in [6.45, 7) is 6.94. The molecule has 4 N–H and O–H groups in total. The maximum absolute atomic E-state index is 15.1. The highest BCUT2D eigenvalue weighted by Gasteiger charge is 2.28. The van der Waals surface area contributed by atoms with E-state index in [1.54, 1.807) is 0 Å². The number of carbonyl (C=O) groups excluding carboxylic acids is 2. The van der Waals surface area contributed by atoms with Crippen LogP contribution in [0.5, 0.6) is 0 Å². The van der Waals surface area contributed by atoms with Gasteiger partial charge in [0, 0.05) is 36.6 Å². The number of H-pyrrole nitrogens is 1. The molecule has 1 unspecified atom stereocenters. The Kier molecular flexibility index (Phi) is 6.12. The first-order valence-electron chi connectivity index (χ1n) is 9.99. The monoisotopic (exact) mass is 398 g/mol. The lowest BCUT2D eigenvalue weighted by molar-refractivity contribution is -0.116. The van der Waals surface area contributed by atoms with Crippen LogP contribution in [0.4, 0.5) is 10.1 Å². The molecular formula is C22H27FN4O2. The lowest BCUT2D eigenvalue weighted by atomic mass is 10.0. The highest BCUT2D eigenvalue weighted by atomic mass is 19.1. The van der Waals surface area contributed by atoms with Crippen LogP contribution in [0.1, 0.15) is 54.2 Å². The largest absolute Gasteiger partial charge is 0.367 e. The first-order chi connectivity index (χ1) is 13.8. The molecule has 2 heterocycles. The van der Waals surface area contributed by atoms with Crippen LogP contribution in [0.15, 0.2) is 6.07 Å². The molecule has 154 valence electrons. The number of halogens is 1. The molecule has 1 aromatic heterocycles. The van der Waals surface area contributed by atoms with Crippen molar-refractivity contribution in [3.8, 4) is 11.8 Å². The fourth-order valence-electron chi connectivity index (χ4n) is 3.89. The molecule has 0 bridgehead atoms. The molecule has 1 aliphatic rings. The minimum Gasteiger partial charge on any atom is -0.367 e. The van der Waals surface area contributed by atoms with Crippen molar-refractivity contribution in [1.29, 1.82) is 0 Å². The summed E-state index contributed by atoms with van der Waals surface area (Å²) in [4.78, 5) is 29.0. The van der Waals surface area contributed by atoms with E-state index in [-0.39, 0.29) is 17.5 Å². The van der Waals surface area contributed by atoms with Crippen LogP contribution in [0, 0.1) is 31.5 Å². The minimum atomic E-state index is -0.670. The average molecular weight is 398 g/mol. The van der Waals surface area contributed by atoms with Gasteiger partial charge in [0.25, 0.3) is 11.8 Å². The first-order valence-corrected chi connectivity index (χ1v) is 9.99. The number of benzene rings is 1. The molecule has 1 fully saturated rings. The summed E-state index contributed by atoms with van der Waals surface area (Å²) in [6.07, 6.45) is 3.22. The van der Waals surface area contributed by atoms with Crippen LogP contribution in [0.2, 0.25) is 0 Å². The molecule has 1 saturated heterocycles. The fraction of sp³-hybridized carbons (Fsp3) is 0.455. The number of anilines is 1. The van der Waals surface area contributed by atoms with Crippen molar-refractivity contribution in [3.63, 3.8) is 0 Å².